The van der Waals surface area contributed by atoms with Gasteiger partial charge in [0, 0.05) is 31.7 Å². The smallest absolute Gasteiger partial charge is 0.273 e. The molecule has 0 aliphatic carbocycles. The number of likely N-dealkylation sites (tertiary alicyclic amines) is 2. The lowest BCUT2D eigenvalue weighted by Crippen LogP contribution is -2.72. The van der Waals surface area contributed by atoms with Crippen LogP contribution in [0.3, 0.4) is 0 Å². The van der Waals surface area contributed by atoms with E-state index in [1.54, 1.807) is 0 Å². The first-order valence-corrected chi connectivity index (χ1v) is 8.92. The van der Waals surface area contributed by atoms with Gasteiger partial charge in [-0.05, 0) is 46.2 Å². The number of rotatable bonds is 4. The number of thiazole rings is 1. The Bertz CT molecular complexity index is 537. The van der Waals surface area contributed by atoms with Gasteiger partial charge in [0.1, 0.15) is 5.69 Å². The number of ether oxygens (including phenoxy) is 1. The van der Waals surface area contributed by atoms with E-state index in [-0.39, 0.29) is 11.4 Å². The summed E-state index contributed by atoms with van der Waals surface area (Å²) in [5.74, 6) is 0.699. The van der Waals surface area contributed by atoms with Crippen molar-refractivity contribution in [2.75, 3.05) is 39.9 Å². The molecule has 0 radical (unpaired) electrons. The Morgan fingerprint density at radius 1 is 1.55 bits per heavy atom. The maximum Gasteiger partial charge on any atom is 0.273 e. The molecule has 3 rings (SSSR count). The standard InChI is InChI=1S/C16H25N3O2S/c1-4-21-8-13-5-6-18(3)16(7-13)10-19(11-16)15(20)14-9-22-12(2)17-14/h9,13H,4-8,10-11H2,1-3H3/t13-/m0/s1. The molecule has 0 N–H and O–H groups in total. The van der Waals surface area contributed by atoms with E-state index < -0.39 is 0 Å². The molecule has 0 unspecified atom stereocenters. The van der Waals surface area contributed by atoms with Crippen molar-refractivity contribution in [1.82, 2.24) is 14.8 Å². The molecular weight excluding hydrogens is 298 g/mol. The van der Waals surface area contributed by atoms with E-state index in [1.807, 2.05) is 24.1 Å². The Morgan fingerprint density at radius 2 is 2.32 bits per heavy atom. The van der Waals surface area contributed by atoms with Gasteiger partial charge in [0.15, 0.2) is 0 Å². The van der Waals surface area contributed by atoms with Gasteiger partial charge >= 0.3 is 0 Å². The van der Waals surface area contributed by atoms with Crippen molar-refractivity contribution in [3.63, 3.8) is 0 Å². The predicted octanol–water partition coefficient (Wildman–Crippen LogP) is 2.02. The summed E-state index contributed by atoms with van der Waals surface area (Å²) in [5, 5.41) is 2.82. The minimum Gasteiger partial charge on any atom is -0.381 e. The number of likely N-dealkylation sites (N-methyl/N-ethyl adjacent to an activating group) is 1. The Morgan fingerprint density at radius 3 is 2.95 bits per heavy atom. The van der Waals surface area contributed by atoms with Crippen LogP contribution in [0.25, 0.3) is 0 Å². The quantitative estimate of drug-likeness (QED) is 0.850. The average Bonchev–Trinajstić information content (AvgIpc) is 2.90. The van der Waals surface area contributed by atoms with Gasteiger partial charge in [-0.1, -0.05) is 0 Å². The van der Waals surface area contributed by atoms with Crippen LogP contribution >= 0.6 is 11.3 Å². The highest BCUT2D eigenvalue weighted by Gasteiger charge is 2.51. The third kappa shape index (κ3) is 2.92. The molecule has 6 heteroatoms. The van der Waals surface area contributed by atoms with Crippen molar-refractivity contribution in [1.29, 1.82) is 0 Å². The molecule has 0 aromatic carbocycles. The molecule has 2 fully saturated rings. The van der Waals surface area contributed by atoms with Crippen LogP contribution in [-0.2, 0) is 4.74 Å². The van der Waals surface area contributed by atoms with Crippen molar-refractivity contribution in [3.8, 4) is 0 Å². The van der Waals surface area contributed by atoms with E-state index in [4.69, 9.17) is 4.74 Å². The number of aryl methyl sites for hydroxylation is 1. The molecule has 5 nitrogen and oxygen atoms in total. The summed E-state index contributed by atoms with van der Waals surface area (Å²) in [7, 11) is 2.19. The van der Waals surface area contributed by atoms with Crippen molar-refractivity contribution < 1.29 is 9.53 Å². The van der Waals surface area contributed by atoms with Gasteiger partial charge < -0.3 is 9.64 Å². The maximum atomic E-state index is 12.5. The van der Waals surface area contributed by atoms with Gasteiger partial charge in [-0.15, -0.1) is 11.3 Å². The van der Waals surface area contributed by atoms with E-state index in [1.165, 1.54) is 17.8 Å². The molecule has 3 heterocycles. The molecule has 1 aromatic rings. The molecule has 1 aromatic heterocycles. The molecule has 2 aliphatic rings. The summed E-state index contributed by atoms with van der Waals surface area (Å²) in [6.45, 7) is 8.35. The number of amides is 1. The molecule has 1 atom stereocenters. The average molecular weight is 323 g/mol. The number of piperidine rings is 1. The second kappa shape index (κ2) is 6.26. The van der Waals surface area contributed by atoms with Gasteiger partial charge in [-0.25, -0.2) is 4.98 Å². The number of carbonyl (C=O) groups is 1. The van der Waals surface area contributed by atoms with Crippen molar-refractivity contribution in [2.45, 2.75) is 32.2 Å². The van der Waals surface area contributed by atoms with Gasteiger partial charge in [0.25, 0.3) is 5.91 Å². The maximum absolute atomic E-state index is 12.5. The lowest BCUT2D eigenvalue weighted by Gasteiger charge is -2.58. The molecule has 1 amide bonds. The summed E-state index contributed by atoms with van der Waals surface area (Å²) < 4.78 is 5.61. The zero-order chi connectivity index (χ0) is 15.7. The van der Waals surface area contributed by atoms with Gasteiger partial charge in [-0.3, -0.25) is 9.69 Å². The van der Waals surface area contributed by atoms with Crippen LogP contribution in [0.4, 0.5) is 0 Å². The monoisotopic (exact) mass is 323 g/mol. The van der Waals surface area contributed by atoms with Crippen molar-refractivity contribution >= 4 is 17.2 Å². The predicted molar refractivity (Wildman–Crippen MR) is 87.3 cm³/mol. The number of hydrogen-bond acceptors (Lipinski definition) is 5. The third-order valence-electron chi connectivity index (χ3n) is 5.00. The summed E-state index contributed by atoms with van der Waals surface area (Å²) in [4.78, 5) is 21.1. The molecular formula is C16H25N3O2S. The number of carbonyl (C=O) groups excluding carboxylic acids is 1. The zero-order valence-corrected chi connectivity index (χ0v) is 14.5. The van der Waals surface area contributed by atoms with E-state index in [0.717, 1.165) is 44.3 Å². The number of nitrogens with zero attached hydrogens (tertiary/aromatic N) is 3. The molecule has 0 saturated carbocycles. The fraction of sp³-hybridized carbons (Fsp3) is 0.750. The SMILES string of the molecule is CCOC[C@H]1CCN(C)C2(C1)CN(C(=O)c1csc(C)n1)C2. The summed E-state index contributed by atoms with van der Waals surface area (Å²) >= 11 is 1.54. The fourth-order valence-electron chi connectivity index (χ4n) is 3.64. The van der Waals surface area contributed by atoms with Crippen LogP contribution in [0.1, 0.15) is 35.3 Å². The molecule has 122 valence electrons. The van der Waals surface area contributed by atoms with E-state index >= 15 is 0 Å². The summed E-state index contributed by atoms with van der Waals surface area (Å²) in [5.41, 5.74) is 0.752. The van der Waals surface area contributed by atoms with Crippen LogP contribution in [0.5, 0.6) is 0 Å². The van der Waals surface area contributed by atoms with Crippen LogP contribution in [0.15, 0.2) is 5.38 Å². The highest BCUT2D eigenvalue weighted by atomic mass is 32.1. The zero-order valence-electron chi connectivity index (χ0n) is 13.7. The van der Waals surface area contributed by atoms with Crippen LogP contribution in [-0.4, -0.2) is 66.1 Å². The lowest BCUT2D eigenvalue weighted by molar-refractivity contribution is -0.0752. The Kier molecular flexibility index (Phi) is 4.52. The van der Waals surface area contributed by atoms with Crippen LogP contribution in [0.2, 0.25) is 0 Å². The van der Waals surface area contributed by atoms with Crippen molar-refractivity contribution in [3.05, 3.63) is 16.1 Å². The Balaban J connectivity index is 1.60. The van der Waals surface area contributed by atoms with Crippen LogP contribution < -0.4 is 0 Å². The van der Waals surface area contributed by atoms with E-state index in [9.17, 15) is 4.79 Å². The van der Waals surface area contributed by atoms with Gasteiger partial charge in [-0.2, -0.15) is 0 Å². The third-order valence-corrected chi connectivity index (χ3v) is 5.78. The first-order valence-electron chi connectivity index (χ1n) is 8.04. The fourth-order valence-corrected chi connectivity index (χ4v) is 4.22. The first-order chi connectivity index (χ1) is 10.5. The molecule has 2 saturated heterocycles. The second-order valence-corrected chi connectivity index (χ2v) is 7.64. The second-order valence-electron chi connectivity index (χ2n) is 6.58. The first kappa shape index (κ1) is 15.9. The topological polar surface area (TPSA) is 45.7 Å². The molecule has 2 aliphatic heterocycles. The minimum atomic E-state index is 0.0790. The van der Waals surface area contributed by atoms with Gasteiger partial charge in [0.05, 0.1) is 10.5 Å². The normalized spacial score (nSPS) is 24.5. The highest BCUT2D eigenvalue weighted by molar-refractivity contribution is 7.09. The Labute approximate surface area is 136 Å². The lowest BCUT2D eigenvalue weighted by atomic mass is 9.75. The number of aromatic nitrogens is 1. The van der Waals surface area contributed by atoms with Crippen LogP contribution in [0, 0.1) is 12.8 Å². The molecule has 1 spiro atoms. The van der Waals surface area contributed by atoms with E-state index in [2.05, 4.69) is 16.9 Å². The summed E-state index contributed by atoms with van der Waals surface area (Å²) in [6.07, 6.45) is 2.32. The highest BCUT2D eigenvalue weighted by Crippen LogP contribution is 2.38. The number of hydrogen-bond donors (Lipinski definition) is 0. The van der Waals surface area contributed by atoms with Crippen molar-refractivity contribution in [2.24, 2.45) is 5.92 Å². The molecule has 0 bridgehead atoms. The van der Waals surface area contributed by atoms with Gasteiger partial charge in [0.2, 0.25) is 0 Å². The molecule has 22 heavy (non-hydrogen) atoms. The minimum absolute atomic E-state index is 0.0790. The largest absolute Gasteiger partial charge is 0.381 e. The summed E-state index contributed by atoms with van der Waals surface area (Å²) in [6, 6.07) is 0. The Hall–Kier alpha value is -0.980. The van der Waals surface area contributed by atoms with E-state index in [0.29, 0.717) is 11.6 Å².